The average molecular weight is 304 g/mol. The van der Waals surface area contributed by atoms with E-state index < -0.39 is 17.9 Å². The van der Waals surface area contributed by atoms with Crippen LogP contribution in [-0.4, -0.2) is 29.6 Å². The van der Waals surface area contributed by atoms with Crippen LogP contribution in [0.1, 0.15) is 37.8 Å². The molecule has 1 aromatic rings. The number of amides is 2. The Morgan fingerprint density at radius 3 is 2.64 bits per heavy atom. The number of aliphatic hydroxyl groups is 1. The molecule has 0 fully saturated rings. The van der Waals surface area contributed by atoms with Crippen LogP contribution < -0.4 is 10.6 Å². The predicted molar refractivity (Wildman–Crippen MR) is 85.6 cm³/mol. The molecule has 120 valence electrons. The number of aryl methyl sites for hydroxylation is 2. The Labute approximate surface area is 131 Å². The van der Waals surface area contributed by atoms with Gasteiger partial charge >= 0.3 is 11.8 Å². The highest BCUT2D eigenvalue weighted by Gasteiger charge is 2.16. The number of hydrogen-bond acceptors (Lipinski definition) is 3. The third kappa shape index (κ3) is 4.31. The molecular formula is C17H24N2O3. The number of rotatable bonds is 5. The van der Waals surface area contributed by atoms with Gasteiger partial charge in [0.05, 0.1) is 6.10 Å². The Hall–Kier alpha value is -1.88. The summed E-state index contributed by atoms with van der Waals surface area (Å²) in [5.41, 5.74) is 3.23. The van der Waals surface area contributed by atoms with Crippen LogP contribution in [0, 0.1) is 5.92 Å². The van der Waals surface area contributed by atoms with Crippen molar-refractivity contribution in [3.8, 4) is 0 Å². The van der Waals surface area contributed by atoms with Crippen LogP contribution in [0.5, 0.6) is 0 Å². The van der Waals surface area contributed by atoms with Gasteiger partial charge in [-0.1, -0.05) is 19.9 Å². The lowest BCUT2D eigenvalue weighted by Crippen LogP contribution is -2.37. The fourth-order valence-electron chi connectivity index (χ4n) is 2.58. The van der Waals surface area contributed by atoms with E-state index >= 15 is 0 Å². The average Bonchev–Trinajstić information content (AvgIpc) is 2.94. The van der Waals surface area contributed by atoms with Crippen LogP contribution in [0.4, 0.5) is 5.69 Å². The van der Waals surface area contributed by atoms with Crippen molar-refractivity contribution in [3.63, 3.8) is 0 Å². The largest absolute Gasteiger partial charge is 0.393 e. The molecule has 1 aromatic carbocycles. The van der Waals surface area contributed by atoms with Gasteiger partial charge in [-0.15, -0.1) is 0 Å². The lowest BCUT2D eigenvalue weighted by atomic mass is 10.0. The number of nitrogens with one attached hydrogen (secondary N) is 2. The van der Waals surface area contributed by atoms with Crippen molar-refractivity contribution in [2.45, 2.75) is 45.6 Å². The van der Waals surface area contributed by atoms with Crippen molar-refractivity contribution in [2.24, 2.45) is 5.92 Å². The number of aliphatic hydroxyl groups excluding tert-OH is 1. The summed E-state index contributed by atoms with van der Waals surface area (Å²) in [6.07, 6.45) is 3.22. The zero-order chi connectivity index (χ0) is 16.1. The molecule has 0 spiro atoms. The maximum absolute atomic E-state index is 11.8. The Morgan fingerprint density at radius 2 is 1.91 bits per heavy atom. The van der Waals surface area contributed by atoms with Gasteiger partial charge in [0.2, 0.25) is 0 Å². The van der Waals surface area contributed by atoms with E-state index in [0.717, 1.165) is 19.3 Å². The lowest BCUT2D eigenvalue weighted by Gasteiger charge is -2.14. The van der Waals surface area contributed by atoms with E-state index in [1.54, 1.807) is 0 Å². The molecule has 5 heteroatoms. The molecule has 2 rings (SSSR count). The molecule has 1 aliphatic carbocycles. The zero-order valence-corrected chi connectivity index (χ0v) is 13.2. The van der Waals surface area contributed by atoms with E-state index in [9.17, 15) is 14.7 Å². The van der Waals surface area contributed by atoms with Gasteiger partial charge in [-0.3, -0.25) is 9.59 Å². The second-order valence-corrected chi connectivity index (χ2v) is 6.15. The first-order valence-corrected chi connectivity index (χ1v) is 7.86. The minimum Gasteiger partial charge on any atom is -0.393 e. The molecule has 0 bridgehead atoms. The molecule has 0 radical (unpaired) electrons. The smallest absolute Gasteiger partial charge is 0.313 e. The van der Waals surface area contributed by atoms with Crippen LogP contribution in [0.2, 0.25) is 0 Å². The van der Waals surface area contributed by atoms with Crippen LogP contribution in [0.15, 0.2) is 18.2 Å². The first-order valence-electron chi connectivity index (χ1n) is 7.86. The van der Waals surface area contributed by atoms with Crippen LogP contribution >= 0.6 is 0 Å². The van der Waals surface area contributed by atoms with Gasteiger partial charge < -0.3 is 15.7 Å². The number of fused-ring (bicyclic) bond motifs is 1. The molecular weight excluding hydrogens is 280 g/mol. The van der Waals surface area contributed by atoms with Gasteiger partial charge in [-0.25, -0.2) is 0 Å². The van der Waals surface area contributed by atoms with E-state index in [0.29, 0.717) is 12.1 Å². The van der Waals surface area contributed by atoms with Crippen molar-refractivity contribution < 1.29 is 14.7 Å². The fourth-order valence-corrected chi connectivity index (χ4v) is 2.58. The molecule has 5 nitrogen and oxygen atoms in total. The van der Waals surface area contributed by atoms with Gasteiger partial charge in [0, 0.05) is 12.2 Å². The number of carbonyl (C=O) groups is 2. The molecule has 1 aliphatic rings. The predicted octanol–water partition coefficient (Wildman–Crippen LogP) is 1.64. The molecule has 0 heterocycles. The van der Waals surface area contributed by atoms with Crippen molar-refractivity contribution in [1.82, 2.24) is 5.32 Å². The molecule has 0 saturated heterocycles. The molecule has 22 heavy (non-hydrogen) atoms. The van der Waals surface area contributed by atoms with Gasteiger partial charge in [0.15, 0.2) is 0 Å². The minimum atomic E-state index is -0.670. The van der Waals surface area contributed by atoms with Crippen molar-refractivity contribution in [3.05, 3.63) is 29.3 Å². The van der Waals surface area contributed by atoms with Crippen molar-refractivity contribution >= 4 is 17.5 Å². The van der Waals surface area contributed by atoms with Crippen molar-refractivity contribution in [1.29, 1.82) is 0 Å². The van der Waals surface area contributed by atoms with E-state index in [1.807, 2.05) is 32.0 Å². The summed E-state index contributed by atoms with van der Waals surface area (Å²) in [6.45, 7) is 4.11. The third-order valence-electron chi connectivity index (χ3n) is 4.06. The Kier molecular flexibility index (Phi) is 5.55. The van der Waals surface area contributed by atoms with Gasteiger partial charge in [-0.05, 0) is 54.9 Å². The Morgan fingerprint density at radius 1 is 1.18 bits per heavy atom. The van der Waals surface area contributed by atoms with Gasteiger partial charge in [0.25, 0.3) is 0 Å². The standard InChI is InChI=1S/C17H24N2O3/c1-11(2)15(20)8-9-18-16(21)17(22)19-14-7-6-12-4-3-5-13(12)10-14/h6-7,10-11,15,20H,3-5,8-9H2,1-2H3,(H,18,21)(H,19,22). The van der Waals surface area contributed by atoms with Crippen LogP contribution in [-0.2, 0) is 22.4 Å². The highest BCUT2D eigenvalue weighted by Crippen LogP contribution is 2.24. The third-order valence-corrected chi connectivity index (χ3v) is 4.06. The second-order valence-electron chi connectivity index (χ2n) is 6.15. The summed E-state index contributed by atoms with van der Waals surface area (Å²) in [6, 6.07) is 5.78. The number of carbonyl (C=O) groups excluding carboxylic acids is 2. The molecule has 1 unspecified atom stereocenters. The SMILES string of the molecule is CC(C)C(O)CCNC(=O)C(=O)Nc1ccc2c(c1)CCC2. The fraction of sp³-hybridized carbons (Fsp3) is 0.529. The van der Waals surface area contributed by atoms with E-state index in [-0.39, 0.29) is 12.5 Å². The summed E-state index contributed by atoms with van der Waals surface area (Å²) in [5, 5.41) is 14.8. The highest BCUT2D eigenvalue weighted by molar-refractivity contribution is 6.39. The quantitative estimate of drug-likeness (QED) is 0.724. The Balaban J connectivity index is 1.80. The maximum atomic E-state index is 11.8. The van der Waals surface area contributed by atoms with Crippen molar-refractivity contribution in [2.75, 3.05) is 11.9 Å². The highest BCUT2D eigenvalue weighted by atomic mass is 16.3. The molecule has 0 saturated carbocycles. The van der Waals surface area contributed by atoms with Gasteiger partial charge in [0.1, 0.15) is 0 Å². The number of benzene rings is 1. The maximum Gasteiger partial charge on any atom is 0.313 e. The Bertz CT molecular complexity index is 555. The lowest BCUT2D eigenvalue weighted by molar-refractivity contribution is -0.136. The molecule has 3 N–H and O–H groups in total. The van der Waals surface area contributed by atoms with Crippen LogP contribution in [0.25, 0.3) is 0 Å². The van der Waals surface area contributed by atoms with E-state index in [2.05, 4.69) is 10.6 Å². The van der Waals surface area contributed by atoms with E-state index in [1.165, 1.54) is 11.1 Å². The van der Waals surface area contributed by atoms with E-state index in [4.69, 9.17) is 0 Å². The molecule has 0 aromatic heterocycles. The molecule has 1 atom stereocenters. The summed E-state index contributed by atoms with van der Waals surface area (Å²) in [4.78, 5) is 23.6. The number of hydrogen-bond donors (Lipinski definition) is 3. The molecule has 2 amide bonds. The monoisotopic (exact) mass is 304 g/mol. The first kappa shape index (κ1) is 16.5. The summed E-state index contributed by atoms with van der Waals surface area (Å²) < 4.78 is 0. The summed E-state index contributed by atoms with van der Waals surface area (Å²) in [7, 11) is 0. The van der Waals surface area contributed by atoms with Gasteiger partial charge in [-0.2, -0.15) is 0 Å². The van der Waals surface area contributed by atoms with Crippen LogP contribution in [0.3, 0.4) is 0 Å². The topological polar surface area (TPSA) is 78.4 Å². The summed E-state index contributed by atoms with van der Waals surface area (Å²) in [5.74, 6) is -1.20. The summed E-state index contributed by atoms with van der Waals surface area (Å²) >= 11 is 0. The minimum absolute atomic E-state index is 0.136. The number of anilines is 1. The normalized spacial score (nSPS) is 14.5. The zero-order valence-electron chi connectivity index (χ0n) is 13.2. The first-order chi connectivity index (χ1) is 10.5. The molecule has 0 aliphatic heterocycles. The second kappa shape index (κ2) is 7.40.